The van der Waals surface area contributed by atoms with Gasteiger partial charge in [-0.1, -0.05) is 41.9 Å². The lowest BCUT2D eigenvalue weighted by atomic mass is 10.0. The number of ether oxygens (including phenoxy) is 1. The Labute approximate surface area is 180 Å². The first-order valence-corrected chi connectivity index (χ1v) is 9.90. The SMILES string of the molecule is CC(COc1ccc(C#N)cn1)N1CCC(C(Cl)=NCc2ccccc2)=C(N)C1=O. The van der Waals surface area contributed by atoms with E-state index < -0.39 is 0 Å². The number of nitriles is 1. The number of nitrogens with zero attached hydrogens (tertiary/aromatic N) is 4. The Morgan fingerprint density at radius 3 is 2.80 bits per heavy atom. The Balaban J connectivity index is 1.61. The van der Waals surface area contributed by atoms with Gasteiger partial charge in [-0.25, -0.2) is 4.98 Å². The van der Waals surface area contributed by atoms with Crippen molar-refractivity contribution in [3.05, 3.63) is 71.1 Å². The number of amides is 1. The molecular formula is C22H22ClN5O2. The van der Waals surface area contributed by atoms with Crippen LogP contribution in [0.4, 0.5) is 0 Å². The van der Waals surface area contributed by atoms with Crippen molar-refractivity contribution in [1.82, 2.24) is 9.88 Å². The molecule has 3 rings (SSSR count). The van der Waals surface area contributed by atoms with Gasteiger partial charge in [0.15, 0.2) is 0 Å². The fourth-order valence-corrected chi connectivity index (χ4v) is 3.31. The summed E-state index contributed by atoms with van der Waals surface area (Å²) in [7, 11) is 0. The Bertz CT molecular complexity index is 996. The highest BCUT2D eigenvalue weighted by Crippen LogP contribution is 2.22. The summed E-state index contributed by atoms with van der Waals surface area (Å²) in [6.45, 7) is 3.03. The van der Waals surface area contributed by atoms with Crippen LogP contribution in [0.3, 0.4) is 0 Å². The molecular weight excluding hydrogens is 402 g/mol. The Morgan fingerprint density at radius 1 is 1.37 bits per heavy atom. The molecule has 2 aromatic rings. The molecule has 0 bridgehead atoms. The summed E-state index contributed by atoms with van der Waals surface area (Å²) in [5, 5.41) is 9.09. The lowest BCUT2D eigenvalue weighted by molar-refractivity contribution is -0.130. The topological polar surface area (TPSA) is 105 Å². The fourth-order valence-electron chi connectivity index (χ4n) is 3.05. The highest BCUT2D eigenvalue weighted by Gasteiger charge is 2.30. The van der Waals surface area contributed by atoms with Gasteiger partial charge < -0.3 is 15.4 Å². The molecule has 1 atom stereocenters. The lowest BCUT2D eigenvalue weighted by Gasteiger charge is -2.33. The fraction of sp³-hybridized carbons (Fsp3) is 0.273. The number of pyridine rings is 1. The monoisotopic (exact) mass is 423 g/mol. The molecule has 0 saturated heterocycles. The zero-order chi connectivity index (χ0) is 21.5. The van der Waals surface area contributed by atoms with Crippen molar-refractivity contribution < 1.29 is 9.53 Å². The molecule has 7 nitrogen and oxygen atoms in total. The number of carbonyl (C=O) groups is 1. The van der Waals surface area contributed by atoms with Gasteiger partial charge in [-0.05, 0) is 25.0 Å². The van der Waals surface area contributed by atoms with Crippen LogP contribution in [0, 0.1) is 11.3 Å². The zero-order valence-electron chi connectivity index (χ0n) is 16.6. The molecule has 1 aliphatic rings. The summed E-state index contributed by atoms with van der Waals surface area (Å²) in [5.41, 5.74) is 8.28. The molecule has 1 aromatic carbocycles. The van der Waals surface area contributed by atoms with Crippen molar-refractivity contribution in [2.24, 2.45) is 10.7 Å². The minimum atomic E-state index is -0.284. The molecule has 2 N–H and O–H groups in total. The van der Waals surface area contributed by atoms with Crippen LogP contribution in [-0.2, 0) is 11.3 Å². The average molecular weight is 424 g/mol. The van der Waals surface area contributed by atoms with E-state index >= 15 is 0 Å². The van der Waals surface area contributed by atoms with Crippen LogP contribution in [0.15, 0.2) is 64.9 Å². The standard InChI is InChI=1S/C22H22ClN5O2/c1-15(14-30-19-8-7-17(11-24)13-26-19)28-10-9-18(20(25)22(28)29)21(23)27-12-16-5-3-2-4-6-16/h2-8,13,15H,9-10,12,14,25H2,1H3. The van der Waals surface area contributed by atoms with E-state index in [9.17, 15) is 4.79 Å². The highest BCUT2D eigenvalue weighted by molar-refractivity contribution is 6.69. The second-order valence-electron chi connectivity index (χ2n) is 6.89. The maximum absolute atomic E-state index is 12.8. The molecule has 8 heteroatoms. The van der Waals surface area contributed by atoms with E-state index in [0.717, 1.165) is 5.56 Å². The first-order chi connectivity index (χ1) is 14.5. The average Bonchev–Trinajstić information content (AvgIpc) is 2.78. The predicted molar refractivity (Wildman–Crippen MR) is 115 cm³/mol. The van der Waals surface area contributed by atoms with Gasteiger partial charge in [-0.2, -0.15) is 5.26 Å². The van der Waals surface area contributed by atoms with E-state index in [-0.39, 0.29) is 29.4 Å². The number of nitrogens with two attached hydrogens (primary N) is 1. The summed E-state index contributed by atoms with van der Waals surface area (Å²) in [6.07, 6.45) is 1.96. The van der Waals surface area contributed by atoms with E-state index in [2.05, 4.69) is 9.98 Å². The third-order valence-corrected chi connectivity index (χ3v) is 5.13. The molecule has 154 valence electrons. The van der Waals surface area contributed by atoms with Gasteiger partial charge in [0.2, 0.25) is 5.88 Å². The van der Waals surface area contributed by atoms with Gasteiger partial charge in [-0.15, -0.1) is 0 Å². The second-order valence-corrected chi connectivity index (χ2v) is 7.25. The number of benzene rings is 1. The quantitative estimate of drug-likeness (QED) is 0.689. The number of rotatable bonds is 7. The molecule has 1 amide bonds. The molecule has 30 heavy (non-hydrogen) atoms. The minimum absolute atomic E-state index is 0.117. The van der Waals surface area contributed by atoms with Crippen molar-refractivity contribution >= 4 is 22.7 Å². The molecule has 0 radical (unpaired) electrons. The van der Waals surface area contributed by atoms with Gasteiger partial charge >= 0.3 is 0 Å². The van der Waals surface area contributed by atoms with Crippen LogP contribution in [0.5, 0.6) is 5.88 Å². The van der Waals surface area contributed by atoms with Crippen molar-refractivity contribution in [2.45, 2.75) is 25.9 Å². The summed E-state index contributed by atoms with van der Waals surface area (Å²) >= 11 is 6.35. The number of carbonyl (C=O) groups excluding carboxylic acids is 1. The first-order valence-electron chi connectivity index (χ1n) is 9.52. The van der Waals surface area contributed by atoms with Crippen molar-refractivity contribution in [3.63, 3.8) is 0 Å². The summed E-state index contributed by atoms with van der Waals surface area (Å²) in [6, 6.07) is 14.8. The van der Waals surface area contributed by atoms with Crippen LogP contribution in [-0.4, -0.2) is 40.2 Å². The second kappa shape index (κ2) is 9.90. The van der Waals surface area contributed by atoms with E-state index in [4.69, 9.17) is 27.3 Å². The van der Waals surface area contributed by atoms with Crippen molar-refractivity contribution in [3.8, 4) is 11.9 Å². The Kier molecular flexibility index (Phi) is 7.04. The molecule has 1 aromatic heterocycles. The van der Waals surface area contributed by atoms with E-state index in [1.54, 1.807) is 17.0 Å². The molecule has 0 fully saturated rings. The molecule has 1 aliphatic heterocycles. The Morgan fingerprint density at radius 2 is 2.13 bits per heavy atom. The molecule has 1 unspecified atom stereocenters. The smallest absolute Gasteiger partial charge is 0.270 e. The third-order valence-electron chi connectivity index (χ3n) is 4.78. The zero-order valence-corrected chi connectivity index (χ0v) is 17.3. The van der Waals surface area contributed by atoms with Gasteiger partial charge in [0.1, 0.15) is 23.5 Å². The predicted octanol–water partition coefficient (Wildman–Crippen LogP) is 3.00. The van der Waals surface area contributed by atoms with Gasteiger partial charge in [-0.3, -0.25) is 9.79 Å². The molecule has 2 heterocycles. The van der Waals surface area contributed by atoms with E-state index in [1.807, 2.05) is 43.3 Å². The van der Waals surface area contributed by atoms with Crippen LogP contribution >= 0.6 is 11.6 Å². The lowest BCUT2D eigenvalue weighted by Crippen LogP contribution is -2.47. The Hall–Kier alpha value is -3.37. The summed E-state index contributed by atoms with van der Waals surface area (Å²) in [4.78, 5) is 22.9. The van der Waals surface area contributed by atoms with Gasteiger partial charge in [0.25, 0.3) is 5.91 Å². The maximum atomic E-state index is 12.8. The minimum Gasteiger partial charge on any atom is -0.475 e. The van der Waals surface area contributed by atoms with Gasteiger partial charge in [0, 0.05) is 24.4 Å². The normalized spacial score (nSPS) is 15.7. The highest BCUT2D eigenvalue weighted by atomic mass is 35.5. The molecule has 0 spiro atoms. The van der Waals surface area contributed by atoms with Crippen LogP contribution in [0.25, 0.3) is 0 Å². The summed E-state index contributed by atoms with van der Waals surface area (Å²) in [5.74, 6) is 0.110. The van der Waals surface area contributed by atoms with Crippen LogP contribution < -0.4 is 10.5 Å². The molecule has 0 aliphatic carbocycles. The first kappa shape index (κ1) is 21.3. The third kappa shape index (κ3) is 5.16. The van der Waals surface area contributed by atoms with E-state index in [1.165, 1.54) is 6.20 Å². The number of halogens is 1. The van der Waals surface area contributed by atoms with E-state index in [0.29, 0.717) is 36.5 Å². The van der Waals surface area contributed by atoms with Crippen molar-refractivity contribution in [2.75, 3.05) is 13.2 Å². The van der Waals surface area contributed by atoms with Crippen molar-refractivity contribution in [1.29, 1.82) is 5.26 Å². The maximum Gasteiger partial charge on any atom is 0.270 e. The van der Waals surface area contributed by atoms with Gasteiger partial charge in [0.05, 0.1) is 18.2 Å². The van der Waals surface area contributed by atoms with Crippen LogP contribution in [0.1, 0.15) is 24.5 Å². The largest absolute Gasteiger partial charge is 0.475 e. The number of hydrogen-bond acceptors (Lipinski definition) is 6. The molecule has 0 saturated carbocycles. The number of hydrogen-bond donors (Lipinski definition) is 1. The number of aromatic nitrogens is 1. The van der Waals surface area contributed by atoms with Crippen LogP contribution in [0.2, 0.25) is 0 Å². The summed E-state index contributed by atoms with van der Waals surface area (Å²) < 4.78 is 5.64. The number of aliphatic imine (C=N–C) groups is 1.